The summed E-state index contributed by atoms with van der Waals surface area (Å²) in [5.74, 6) is 0.428. The van der Waals surface area contributed by atoms with Crippen LogP contribution < -0.4 is 11.1 Å². The van der Waals surface area contributed by atoms with Crippen LogP contribution in [0.3, 0.4) is 0 Å². The highest BCUT2D eigenvalue weighted by Crippen LogP contribution is 2.22. The second-order valence-electron chi connectivity index (χ2n) is 4.04. The monoisotopic (exact) mass is 251 g/mol. The van der Waals surface area contributed by atoms with Gasteiger partial charge in [0, 0.05) is 6.42 Å². The van der Waals surface area contributed by atoms with Crippen LogP contribution in [0.4, 0.5) is 5.00 Å². The van der Waals surface area contributed by atoms with E-state index in [4.69, 9.17) is 11.0 Å². The standard InChI is InChI=1S/C12H17N3OS/c1-9(4-6-13)2-3-11(16)15-12-10(8-14)5-7-17-12/h5,7,9H,2-4,6,13H2,1H3,(H,15,16). The lowest BCUT2D eigenvalue weighted by molar-refractivity contribution is -0.116. The molecule has 0 spiro atoms. The van der Waals surface area contributed by atoms with Crippen molar-refractivity contribution >= 4 is 22.2 Å². The van der Waals surface area contributed by atoms with Crippen LogP contribution >= 0.6 is 11.3 Å². The molecule has 17 heavy (non-hydrogen) atoms. The maximum Gasteiger partial charge on any atom is 0.225 e. The predicted octanol–water partition coefficient (Wildman–Crippen LogP) is 2.32. The SMILES string of the molecule is CC(CCN)CCC(=O)Nc1sccc1C#N. The Labute approximate surface area is 105 Å². The lowest BCUT2D eigenvalue weighted by Crippen LogP contribution is -2.13. The topological polar surface area (TPSA) is 78.9 Å². The Bertz CT molecular complexity index is 408. The minimum absolute atomic E-state index is 0.0344. The molecule has 0 aromatic carbocycles. The van der Waals surface area contributed by atoms with Crippen LogP contribution in [0.25, 0.3) is 0 Å². The molecule has 0 aliphatic carbocycles. The van der Waals surface area contributed by atoms with Crippen molar-refractivity contribution in [2.45, 2.75) is 26.2 Å². The highest BCUT2D eigenvalue weighted by Gasteiger charge is 2.09. The number of anilines is 1. The molecule has 0 bridgehead atoms. The lowest BCUT2D eigenvalue weighted by atomic mass is 10.0. The van der Waals surface area contributed by atoms with E-state index in [1.54, 1.807) is 11.4 Å². The molecule has 1 amide bonds. The van der Waals surface area contributed by atoms with Crippen molar-refractivity contribution in [1.82, 2.24) is 0 Å². The van der Waals surface area contributed by atoms with Crippen molar-refractivity contribution in [2.24, 2.45) is 11.7 Å². The Hall–Kier alpha value is -1.38. The molecule has 1 heterocycles. The van der Waals surface area contributed by atoms with Gasteiger partial charge in [-0.15, -0.1) is 11.3 Å². The summed E-state index contributed by atoms with van der Waals surface area (Å²) in [4.78, 5) is 11.6. The zero-order chi connectivity index (χ0) is 12.7. The highest BCUT2D eigenvalue weighted by molar-refractivity contribution is 7.14. The van der Waals surface area contributed by atoms with E-state index in [9.17, 15) is 4.79 Å². The van der Waals surface area contributed by atoms with Crippen molar-refractivity contribution in [3.05, 3.63) is 17.0 Å². The summed E-state index contributed by atoms with van der Waals surface area (Å²) < 4.78 is 0. The number of nitrogens with two attached hydrogens (primary N) is 1. The van der Waals surface area contributed by atoms with Crippen LogP contribution in [0.2, 0.25) is 0 Å². The molecule has 0 aliphatic rings. The van der Waals surface area contributed by atoms with Crippen LogP contribution in [0, 0.1) is 17.2 Å². The van der Waals surface area contributed by atoms with Gasteiger partial charge in [0.15, 0.2) is 0 Å². The van der Waals surface area contributed by atoms with E-state index in [1.165, 1.54) is 11.3 Å². The van der Waals surface area contributed by atoms with E-state index < -0.39 is 0 Å². The minimum Gasteiger partial charge on any atom is -0.330 e. The molecule has 0 fully saturated rings. The van der Waals surface area contributed by atoms with Gasteiger partial charge < -0.3 is 11.1 Å². The third kappa shape index (κ3) is 4.55. The third-order valence-corrected chi connectivity index (χ3v) is 3.39. The average molecular weight is 251 g/mol. The van der Waals surface area contributed by atoms with Gasteiger partial charge in [-0.2, -0.15) is 5.26 Å². The summed E-state index contributed by atoms with van der Waals surface area (Å²) >= 11 is 1.37. The molecule has 1 atom stereocenters. The first-order valence-corrected chi connectivity index (χ1v) is 6.52. The number of rotatable bonds is 6. The Kier molecular flexibility index (Phi) is 5.67. The van der Waals surface area contributed by atoms with Gasteiger partial charge in [-0.1, -0.05) is 6.92 Å². The Balaban J connectivity index is 2.38. The fourth-order valence-corrected chi connectivity index (χ4v) is 2.24. The molecule has 1 unspecified atom stereocenters. The van der Waals surface area contributed by atoms with E-state index in [1.807, 2.05) is 6.07 Å². The zero-order valence-corrected chi connectivity index (χ0v) is 10.7. The zero-order valence-electron chi connectivity index (χ0n) is 9.90. The first kappa shape index (κ1) is 13.7. The molecular weight excluding hydrogens is 234 g/mol. The Morgan fingerprint density at radius 2 is 2.41 bits per heavy atom. The van der Waals surface area contributed by atoms with Gasteiger partial charge in [0.1, 0.15) is 11.1 Å². The van der Waals surface area contributed by atoms with Crippen LogP contribution in [0.15, 0.2) is 11.4 Å². The average Bonchev–Trinajstić information content (AvgIpc) is 2.74. The van der Waals surface area contributed by atoms with Gasteiger partial charge in [-0.05, 0) is 36.8 Å². The predicted molar refractivity (Wildman–Crippen MR) is 69.7 cm³/mol. The van der Waals surface area contributed by atoms with Crippen molar-refractivity contribution < 1.29 is 4.79 Å². The van der Waals surface area contributed by atoms with Gasteiger partial charge in [-0.25, -0.2) is 0 Å². The summed E-state index contributed by atoms with van der Waals surface area (Å²) in [5, 5.41) is 14.0. The van der Waals surface area contributed by atoms with E-state index in [-0.39, 0.29) is 5.91 Å². The maximum absolute atomic E-state index is 11.6. The Morgan fingerprint density at radius 1 is 1.65 bits per heavy atom. The number of nitrogens with zero attached hydrogens (tertiary/aromatic N) is 1. The summed E-state index contributed by atoms with van der Waals surface area (Å²) in [5.41, 5.74) is 5.97. The highest BCUT2D eigenvalue weighted by atomic mass is 32.1. The molecule has 0 aliphatic heterocycles. The van der Waals surface area contributed by atoms with Crippen molar-refractivity contribution in [2.75, 3.05) is 11.9 Å². The molecule has 0 radical (unpaired) electrons. The molecule has 0 saturated heterocycles. The first-order chi connectivity index (χ1) is 8.17. The molecule has 1 rings (SSSR count). The fourth-order valence-electron chi connectivity index (χ4n) is 1.49. The van der Waals surface area contributed by atoms with Gasteiger partial charge in [0.2, 0.25) is 5.91 Å². The number of carbonyl (C=O) groups is 1. The minimum atomic E-state index is -0.0344. The summed E-state index contributed by atoms with van der Waals surface area (Å²) in [6, 6.07) is 3.75. The van der Waals surface area contributed by atoms with Crippen molar-refractivity contribution in [3.8, 4) is 6.07 Å². The molecule has 5 heteroatoms. The number of nitriles is 1. The second kappa shape index (κ2) is 7.05. The molecule has 92 valence electrons. The maximum atomic E-state index is 11.6. The van der Waals surface area contributed by atoms with E-state index in [0.717, 1.165) is 12.8 Å². The lowest BCUT2D eigenvalue weighted by Gasteiger charge is -2.09. The molecule has 1 aromatic heterocycles. The number of nitrogens with one attached hydrogen (secondary N) is 1. The summed E-state index contributed by atoms with van der Waals surface area (Å²) in [6.07, 6.45) is 2.25. The number of hydrogen-bond donors (Lipinski definition) is 2. The number of thiophene rings is 1. The number of amides is 1. The molecule has 0 saturated carbocycles. The third-order valence-electron chi connectivity index (χ3n) is 2.56. The molecule has 3 N–H and O–H groups in total. The van der Waals surface area contributed by atoms with Gasteiger partial charge in [0.05, 0.1) is 5.56 Å². The smallest absolute Gasteiger partial charge is 0.225 e. The number of hydrogen-bond acceptors (Lipinski definition) is 4. The Morgan fingerprint density at radius 3 is 3.06 bits per heavy atom. The van der Waals surface area contributed by atoms with Crippen LogP contribution in [-0.4, -0.2) is 12.5 Å². The molecular formula is C12H17N3OS. The molecule has 1 aromatic rings. The van der Waals surface area contributed by atoms with Crippen LogP contribution in [0.5, 0.6) is 0 Å². The number of carbonyl (C=O) groups excluding carboxylic acids is 1. The summed E-state index contributed by atoms with van der Waals surface area (Å²) in [7, 11) is 0. The fraction of sp³-hybridized carbons (Fsp3) is 0.500. The van der Waals surface area contributed by atoms with E-state index in [0.29, 0.717) is 29.4 Å². The largest absolute Gasteiger partial charge is 0.330 e. The summed E-state index contributed by atoms with van der Waals surface area (Å²) in [6.45, 7) is 2.75. The second-order valence-corrected chi connectivity index (χ2v) is 4.96. The van der Waals surface area contributed by atoms with Gasteiger partial charge in [0.25, 0.3) is 0 Å². The normalized spacial score (nSPS) is 11.8. The van der Waals surface area contributed by atoms with E-state index >= 15 is 0 Å². The van der Waals surface area contributed by atoms with Crippen molar-refractivity contribution in [3.63, 3.8) is 0 Å². The van der Waals surface area contributed by atoms with Crippen LogP contribution in [0.1, 0.15) is 31.7 Å². The molecule has 4 nitrogen and oxygen atoms in total. The first-order valence-electron chi connectivity index (χ1n) is 5.65. The van der Waals surface area contributed by atoms with Crippen LogP contribution in [-0.2, 0) is 4.79 Å². The van der Waals surface area contributed by atoms with Gasteiger partial charge in [-0.3, -0.25) is 4.79 Å². The quantitative estimate of drug-likeness (QED) is 0.814. The van der Waals surface area contributed by atoms with E-state index in [2.05, 4.69) is 12.2 Å². The van der Waals surface area contributed by atoms with Gasteiger partial charge >= 0.3 is 0 Å². The van der Waals surface area contributed by atoms with Crippen molar-refractivity contribution in [1.29, 1.82) is 5.26 Å².